The number of furan rings is 1. The topological polar surface area (TPSA) is 49.6 Å². The number of nitrogens with zero attached hydrogens (tertiary/aromatic N) is 1. The van der Waals surface area contributed by atoms with E-state index in [-0.39, 0.29) is 24.0 Å². The molecule has 0 amide bonds. The Morgan fingerprint density at radius 2 is 1.84 bits per heavy atom. The van der Waals surface area contributed by atoms with Crippen LogP contribution in [-0.2, 0) is 12.8 Å². The Morgan fingerprint density at radius 1 is 1.04 bits per heavy atom. The summed E-state index contributed by atoms with van der Waals surface area (Å²) in [6.07, 6.45) is 10.1. The highest BCUT2D eigenvalue weighted by Crippen LogP contribution is 2.09. The molecule has 0 saturated carbocycles. The van der Waals surface area contributed by atoms with Gasteiger partial charge in [0, 0.05) is 25.6 Å². The van der Waals surface area contributed by atoms with Gasteiger partial charge in [0.2, 0.25) is 0 Å². The maximum absolute atomic E-state index is 5.37. The monoisotopic (exact) mass is 451 g/mol. The molecule has 2 N–H and O–H groups in total. The first-order chi connectivity index (χ1) is 11.9. The summed E-state index contributed by atoms with van der Waals surface area (Å²) >= 11 is 0. The van der Waals surface area contributed by atoms with E-state index in [4.69, 9.17) is 9.41 Å². The van der Waals surface area contributed by atoms with Crippen molar-refractivity contribution >= 4 is 29.9 Å². The second kappa shape index (κ2) is 11.0. The molecule has 4 nitrogen and oxygen atoms in total. The third-order valence-electron chi connectivity index (χ3n) is 4.11. The normalized spacial score (nSPS) is 14.3. The molecule has 0 radical (unpaired) electrons. The van der Waals surface area contributed by atoms with Crippen LogP contribution in [-0.4, -0.2) is 25.1 Å². The van der Waals surface area contributed by atoms with E-state index < -0.39 is 0 Å². The molecular formula is C20H26IN3O. The van der Waals surface area contributed by atoms with Gasteiger partial charge in [-0.3, -0.25) is 4.99 Å². The van der Waals surface area contributed by atoms with Crippen molar-refractivity contribution in [3.05, 3.63) is 72.2 Å². The van der Waals surface area contributed by atoms with Gasteiger partial charge < -0.3 is 15.1 Å². The van der Waals surface area contributed by atoms with Gasteiger partial charge in [0.05, 0.1) is 6.26 Å². The van der Waals surface area contributed by atoms with Gasteiger partial charge in [0.1, 0.15) is 5.76 Å². The highest BCUT2D eigenvalue weighted by atomic mass is 127. The second-order valence-electron chi connectivity index (χ2n) is 6.01. The number of aliphatic imine (C=N–C) groups is 1. The number of hydrogen-bond acceptors (Lipinski definition) is 2. The van der Waals surface area contributed by atoms with E-state index in [9.17, 15) is 0 Å². The van der Waals surface area contributed by atoms with Crippen LogP contribution < -0.4 is 10.6 Å². The van der Waals surface area contributed by atoms with Crippen molar-refractivity contribution in [1.29, 1.82) is 0 Å². The molecule has 1 aromatic carbocycles. The van der Waals surface area contributed by atoms with E-state index in [1.54, 1.807) is 6.26 Å². The summed E-state index contributed by atoms with van der Waals surface area (Å²) in [6, 6.07) is 14.9. The molecule has 1 aromatic heterocycles. The van der Waals surface area contributed by atoms with Crippen LogP contribution in [0.15, 0.2) is 70.3 Å². The molecule has 1 heterocycles. The summed E-state index contributed by atoms with van der Waals surface area (Å²) in [5.41, 5.74) is 1.34. The molecule has 0 aliphatic heterocycles. The van der Waals surface area contributed by atoms with Gasteiger partial charge in [-0.15, -0.1) is 24.0 Å². The van der Waals surface area contributed by atoms with Crippen LogP contribution in [0, 0.1) is 0 Å². The van der Waals surface area contributed by atoms with E-state index in [0.29, 0.717) is 12.6 Å². The molecule has 0 atom stereocenters. The minimum absolute atomic E-state index is 0. The van der Waals surface area contributed by atoms with Gasteiger partial charge in [0.15, 0.2) is 5.96 Å². The Hall–Kier alpha value is -1.76. The Morgan fingerprint density at radius 3 is 2.56 bits per heavy atom. The Labute approximate surface area is 166 Å². The van der Waals surface area contributed by atoms with Gasteiger partial charge in [-0.25, -0.2) is 0 Å². The molecule has 134 valence electrons. The summed E-state index contributed by atoms with van der Waals surface area (Å²) in [4.78, 5) is 4.70. The largest absolute Gasteiger partial charge is 0.469 e. The molecule has 1 aliphatic rings. The van der Waals surface area contributed by atoms with E-state index in [0.717, 1.165) is 43.9 Å². The number of hydrogen-bond donors (Lipinski definition) is 2. The fourth-order valence-corrected chi connectivity index (χ4v) is 2.78. The zero-order valence-corrected chi connectivity index (χ0v) is 16.7. The predicted octanol–water partition coefficient (Wildman–Crippen LogP) is 3.94. The van der Waals surface area contributed by atoms with Crippen LogP contribution in [0.2, 0.25) is 0 Å². The Kier molecular flexibility index (Phi) is 8.59. The minimum atomic E-state index is 0. The smallest absolute Gasteiger partial charge is 0.191 e. The molecule has 0 fully saturated rings. The maximum atomic E-state index is 5.37. The highest BCUT2D eigenvalue weighted by Gasteiger charge is 2.11. The predicted molar refractivity (Wildman–Crippen MR) is 114 cm³/mol. The van der Waals surface area contributed by atoms with Crippen LogP contribution in [0.3, 0.4) is 0 Å². The van der Waals surface area contributed by atoms with Crippen LogP contribution in [0.1, 0.15) is 24.2 Å². The first-order valence-corrected chi connectivity index (χ1v) is 8.66. The van der Waals surface area contributed by atoms with E-state index in [1.807, 2.05) is 18.2 Å². The van der Waals surface area contributed by atoms with E-state index >= 15 is 0 Å². The van der Waals surface area contributed by atoms with Crippen LogP contribution in [0.5, 0.6) is 0 Å². The standard InChI is InChI=1S/C20H25N3O.HI/c1-2-7-17(8-3-1)12-14-21-20(23-18-9-4-5-10-18)22-15-13-19-11-6-16-24-19;/h1-8,11,16,18H,9-10,12-15H2,(H2,21,22,23);1H. The van der Waals surface area contributed by atoms with Crippen molar-refractivity contribution in [3.8, 4) is 0 Å². The van der Waals surface area contributed by atoms with Crippen molar-refractivity contribution < 1.29 is 4.42 Å². The lowest BCUT2D eigenvalue weighted by atomic mass is 10.1. The van der Waals surface area contributed by atoms with Crippen molar-refractivity contribution in [1.82, 2.24) is 10.6 Å². The molecular weight excluding hydrogens is 425 g/mol. The molecule has 5 heteroatoms. The first-order valence-electron chi connectivity index (χ1n) is 8.66. The molecule has 25 heavy (non-hydrogen) atoms. The van der Waals surface area contributed by atoms with Crippen molar-refractivity contribution in [2.24, 2.45) is 4.99 Å². The number of rotatable bonds is 7. The zero-order valence-electron chi connectivity index (χ0n) is 14.4. The first kappa shape index (κ1) is 19.6. The molecule has 0 saturated heterocycles. The number of guanidine groups is 1. The minimum Gasteiger partial charge on any atom is -0.469 e. The summed E-state index contributed by atoms with van der Waals surface area (Å²) in [5.74, 6) is 1.87. The number of halogens is 1. The summed E-state index contributed by atoms with van der Waals surface area (Å²) < 4.78 is 5.37. The molecule has 0 bridgehead atoms. The lowest BCUT2D eigenvalue weighted by molar-refractivity contribution is 0.510. The SMILES string of the molecule is C1=CCC(NC(=NCCc2ccco2)NCCc2ccccc2)C1.I. The number of nitrogens with one attached hydrogen (secondary N) is 2. The van der Waals surface area contributed by atoms with Crippen LogP contribution in [0.25, 0.3) is 0 Å². The van der Waals surface area contributed by atoms with Crippen molar-refractivity contribution in [2.75, 3.05) is 13.1 Å². The fourth-order valence-electron chi connectivity index (χ4n) is 2.78. The third-order valence-corrected chi connectivity index (χ3v) is 4.11. The zero-order chi connectivity index (χ0) is 16.5. The second-order valence-corrected chi connectivity index (χ2v) is 6.01. The Bertz CT molecular complexity index is 645. The third kappa shape index (κ3) is 6.94. The lowest BCUT2D eigenvalue weighted by Crippen LogP contribution is -2.43. The summed E-state index contributed by atoms with van der Waals surface area (Å²) in [6.45, 7) is 1.59. The maximum Gasteiger partial charge on any atom is 0.191 e. The van der Waals surface area contributed by atoms with Crippen molar-refractivity contribution in [2.45, 2.75) is 31.7 Å². The molecule has 0 unspecified atom stereocenters. The highest BCUT2D eigenvalue weighted by molar-refractivity contribution is 14.0. The average molecular weight is 451 g/mol. The van der Waals surface area contributed by atoms with E-state index in [2.05, 4.69) is 47.1 Å². The van der Waals surface area contributed by atoms with Gasteiger partial charge in [-0.1, -0.05) is 42.5 Å². The van der Waals surface area contributed by atoms with Crippen LogP contribution in [0.4, 0.5) is 0 Å². The molecule has 2 aromatic rings. The van der Waals surface area contributed by atoms with Crippen LogP contribution >= 0.6 is 24.0 Å². The van der Waals surface area contributed by atoms with Gasteiger partial charge in [-0.2, -0.15) is 0 Å². The van der Waals surface area contributed by atoms with Gasteiger partial charge in [-0.05, 0) is 37.0 Å². The summed E-state index contributed by atoms with van der Waals surface area (Å²) in [7, 11) is 0. The van der Waals surface area contributed by atoms with Crippen molar-refractivity contribution in [3.63, 3.8) is 0 Å². The van der Waals surface area contributed by atoms with Gasteiger partial charge in [0.25, 0.3) is 0 Å². The van der Waals surface area contributed by atoms with Gasteiger partial charge >= 0.3 is 0 Å². The Balaban J connectivity index is 0.00000225. The molecule has 3 rings (SSSR count). The average Bonchev–Trinajstić information content (AvgIpc) is 3.29. The lowest BCUT2D eigenvalue weighted by Gasteiger charge is -2.17. The van der Waals surface area contributed by atoms with E-state index in [1.165, 1.54) is 5.56 Å². The summed E-state index contributed by atoms with van der Waals surface area (Å²) in [5, 5.41) is 6.98. The number of benzene rings is 1. The fraction of sp³-hybridized carbons (Fsp3) is 0.350. The molecule has 1 aliphatic carbocycles. The quantitative estimate of drug-likeness (QED) is 0.290. The molecule has 0 spiro atoms.